The third kappa shape index (κ3) is 6.13. The maximum absolute atomic E-state index is 9.20. The number of rotatable bonds is 8. The molecule has 212 valence electrons. The van der Waals surface area contributed by atoms with E-state index in [2.05, 4.69) is 0 Å². The van der Waals surface area contributed by atoms with Gasteiger partial charge in [-0.05, 0) is 115 Å². The molecule has 10 heteroatoms. The highest BCUT2D eigenvalue weighted by molar-refractivity contribution is 6.35. The van der Waals surface area contributed by atoms with Crippen LogP contribution in [0, 0.1) is 73.8 Å². The lowest BCUT2D eigenvalue weighted by Crippen LogP contribution is -2.01. The first-order valence-electron chi connectivity index (χ1n) is 12.7. The van der Waals surface area contributed by atoms with Gasteiger partial charge in [0.2, 0.25) is 0 Å². The van der Waals surface area contributed by atoms with E-state index in [0.717, 1.165) is 44.5 Å². The topological polar surface area (TPSA) is 132 Å². The van der Waals surface area contributed by atoms with E-state index in [9.17, 15) is 10.5 Å². The van der Waals surface area contributed by atoms with Crippen LogP contribution in [-0.4, -0.2) is 0 Å². The highest BCUT2D eigenvalue weighted by atomic mass is 35.5. The molecule has 4 aromatic carbocycles. The molecule has 0 saturated carbocycles. The van der Waals surface area contributed by atoms with Crippen LogP contribution >= 0.6 is 23.2 Å². The van der Waals surface area contributed by atoms with Crippen LogP contribution in [0.25, 0.3) is 22.3 Å². The first-order valence-corrected chi connectivity index (χ1v) is 13.5. The Morgan fingerprint density at radius 3 is 1.16 bits per heavy atom. The van der Waals surface area contributed by atoms with E-state index in [1.54, 1.807) is 37.2 Å². The molecule has 0 saturated heterocycles. The SMILES string of the molecule is Cc1cc(-c2c(Cc3ccc(OC#N)c(Cl)c3-c3cc(C)c(OC#N)c(C)c3)ccc(OC#N)c2Cl)cc(C)c1OC#N. The second-order valence-corrected chi connectivity index (χ2v) is 10.4. The Kier molecular flexibility index (Phi) is 9.29. The summed E-state index contributed by atoms with van der Waals surface area (Å²) in [7, 11) is 0. The molecular weight excluding hydrogens is 587 g/mol. The van der Waals surface area contributed by atoms with Gasteiger partial charge in [-0.2, -0.15) is 0 Å². The van der Waals surface area contributed by atoms with Gasteiger partial charge in [0.1, 0.15) is 11.5 Å². The molecule has 0 bridgehead atoms. The van der Waals surface area contributed by atoms with Gasteiger partial charge in [0.05, 0.1) is 10.0 Å². The van der Waals surface area contributed by atoms with E-state index in [1.807, 2.05) is 64.1 Å². The highest BCUT2D eigenvalue weighted by Gasteiger charge is 2.22. The minimum atomic E-state index is 0.186. The summed E-state index contributed by atoms with van der Waals surface area (Å²) in [4.78, 5) is 0. The molecule has 0 heterocycles. The standard InChI is InChI=1S/C33H22Cl2N4O4/c1-18-9-24(10-19(2)32(18)42-16-38)28-22(5-7-26(30(28)34)40-14-36)13-23-6-8-27(41-15-37)31(35)29(23)25-11-20(3)33(43-17-39)21(4)12-25/h5-12H,13H2,1-4H3. The summed E-state index contributed by atoms with van der Waals surface area (Å²) in [5.74, 6) is 1.27. The van der Waals surface area contributed by atoms with Gasteiger partial charge in [0.15, 0.2) is 11.5 Å². The molecule has 4 rings (SSSR count). The summed E-state index contributed by atoms with van der Waals surface area (Å²) in [6, 6.07) is 14.3. The average molecular weight is 609 g/mol. The van der Waals surface area contributed by atoms with Crippen LogP contribution in [0.4, 0.5) is 0 Å². The van der Waals surface area contributed by atoms with Crippen molar-refractivity contribution in [2.75, 3.05) is 0 Å². The number of nitriles is 4. The van der Waals surface area contributed by atoms with Crippen molar-refractivity contribution in [3.63, 3.8) is 0 Å². The molecule has 0 aliphatic carbocycles. The maximum atomic E-state index is 9.20. The van der Waals surface area contributed by atoms with Crippen LogP contribution in [0.3, 0.4) is 0 Å². The third-order valence-electron chi connectivity index (χ3n) is 6.87. The lowest BCUT2D eigenvalue weighted by atomic mass is 9.88. The molecule has 43 heavy (non-hydrogen) atoms. The van der Waals surface area contributed by atoms with Gasteiger partial charge in [-0.15, -0.1) is 21.0 Å². The fourth-order valence-electron chi connectivity index (χ4n) is 5.18. The quantitative estimate of drug-likeness (QED) is 0.181. The normalized spacial score (nSPS) is 10.1. The van der Waals surface area contributed by atoms with E-state index in [1.165, 1.54) is 0 Å². The molecule has 0 aromatic heterocycles. The zero-order valence-corrected chi connectivity index (χ0v) is 25.0. The lowest BCUT2D eigenvalue weighted by molar-refractivity contribution is 0.499. The fraction of sp³-hybridized carbons (Fsp3) is 0.152. The van der Waals surface area contributed by atoms with Crippen LogP contribution in [0.2, 0.25) is 10.0 Å². The van der Waals surface area contributed by atoms with Gasteiger partial charge in [-0.25, -0.2) is 0 Å². The van der Waals surface area contributed by atoms with Crippen molar-refractivity contribution in [2.45, 2.75) is 34.1 Å². The Morgan fingerprint density at radius 2 is 0.860 bits per heavy atom. The first kappa shape index (κ1) is 30.6. The molecule has 0 spiro atoms. The molecule has 0 amide bonds. The predicted molar refractivity (Wildman–Crippen MR) is 160 cm³/mol. The van der Waals surface area contributed by atoms with Crippen molar-refractivity contribution in [3.05, 3.63) is 92.0 Å². The van der Waals surface area contributed by atoms with Crippen LogP contribution in [0.15, 0.2) is 48.5 Å². The number of benzene rings is 4. The molecular formula is C33H22Cl2N4O4. The molecule has 0 radical (unpaired) electrons. The van der Waals surface area contributed by atoms with E-state index < -0.39 is 0 Å². The van der Waals surface area contributed by atoms with Gasteiger partial charge in [-0.1, -0.05) is 35.3 Å². The molecule has 0 fully saturated rings. The maximum Gasteiger partial charge on any atom is 0.292 e. The van der Waals surface area contributed by atoms with E-state index >= 15 is 0 Å². The Hall–Kier alpha value is -5.38. The second kappa shape index (κ2) is 13.1. The van der Waals surface area contributed by atoms with Crippen LogP contribution in [-0.2, 0) is 6.42 Å². The van der Waals surface area contributed by atoms with Gasteiger partial charge in [-0.3, -0.25) is 0 Å². The van der Waals surface area contributed by atoms with Crippen molar-refractivity contribution in [2.24, 2.45) is 0 Å². The van der Waals surface area contributed by atoms with Crippen molar-refractivity contribution < 1.29 is 18.9 Å². The number of hydrogen-bond donors (Lipinski definition) is 0. The molecule has 0 atom stereocenters. The molecule has 0 unspecified atom stereocenters. The summed E-state index contributed by atoms with van der Waals surface area (Å²) < 4.78 is 20.6. The monoisotopic (exact) mass is 608 g/mol. The lowest BCUT2D eigenvalue weighted by Gasteiger charge is -2.19. The summed E-state index contributed by atoms with van der Waals surface area (Å²) >= 11 is 13.7. The zero-order chi connectivity index (χ0) is 31.3. The van der Waals surface area contributed by atoms with Crippen molar-refractivity contribution >= 4 is 23.2 Å². The number of halogens is 2. The summed E-state index contributed by atoms with van der Waals surface area (Å²) in [6.07, 6.45) is 7.11. The average Bonchev–Trinajstić information content (AvgIpc) is 2.96. The van der Waals surface area contributed by atoms with Crippen molar-refractivity contribution in [3.8, 4) is 70.3 Å². The Balaban J connectivity index is 1.97. The largest absolute Gasteiger partial charge is 0.387 e. The second-order valence-electron chi connectivity index (χ2n) is 9.65. The summed E-state index contributed by atoms with van der Waals surface area (Å²) in [5, 5.41) is 37.0. The third-order valence-corrected chi connectivity index (χ3v) is 7.62. The smallest absolute Gasteiger partial charge is 0.292 e. The summed E-state index contributed by atoms with van der Waals surface area (Å²) in [5.41, 5.74) is 7.14. The van der Waals surface area contributed by atoms with Crippen molar-refractivity contribution in [1.29, 1.82) is 21.0 Å². The van der Waals surface area contributed by atoms with Gasteiger partial charge in [0.25, 0.3) is 25.0 Å². The molecule has 0 aliphatic rings. The Bertz CT molecular complexity index is 1740. The molecule has 4 aromatic rings. The Labute approximate surface area is 259 Å². The number of aryl methyl sites for hydroxylation is 4. The van der Waals surface area contributed by atoms with Crippen LogP contribution < -0.4 is 18.9 Å². The van der Waals surface area contributed by atoms with Crippen LogP contribution in [0.1, 0.15) is 33.4 Å². The molecule has 0 N–H and O–H groups in total. The van der Waals surface area contributed by atoms with Crippen LogP contribution in [0.5, 0.6) is 23.0 Å². The first-order chi connectivity index (χ1) is 20.6. The summed E-state index contributed by atoms with van der Waals surface area (Å²) in [6.45, 7) is 7.29. The Morgan fingerprint density at radius 1 is 0.535 bits per heavy atom. The minimum Gasteiger partial charge on any atom is -0.387 e. The molecule has 0 aliphatic heterocycles. The van der Waals surface area contributed by atoms with Gasteiger partial charge < -0.3 is 18.9 Å². The number of hydrogen-bond acceptors (Lipinski definition) is 8. The minimum absolute atomic E-state index is 0.186. The van der Waals surface area contributed by atoms with Gasteiger partial charge in [0, 0.05) is 11.1 Å². The number of nitrogens with zero attached hydrogens (tertiary/aromatic N) is 4. The molecule has 8 nitrogen and oxygen atoms in total. The number of ether oxygens (including phenoxy) is 4. The fourth-order valence-corrected chi connectivity index (χ4v) is 5.84. The van der Waals surface area contributed by atoms with E-state index in [-0.39, 0.29) is 21.5 Å². The van der Waals surface area contributed by atoms with E-state index in [0.29, 0.717) is 29.0 Å². The predicted octanol–water partition coefficient (Wildman–Crippen LogP) is 8.59. The zero-order valence-electron chi connectivity index (χ0n) is 23.5. The van der Waals surface area contributed by atoms with Gasteiger partial charge >= 0.3 is 0 Å². The van der Waals surface area contributed by atoms with E-state index in [4.69, 9.17) is 52.7 Å². The van der Waals surface area contributed by atoms with Crippen molar-refractivity contribution in [1.82, 2.24) is 0 Å². The highest BCUT2D eigenvalue weighted by Crippen LogP contribution is 2.45.